The highest BCUT2D eigenvalue weighted by Gasteiger charge is 2.44. The Bertz CT molecular complexity index is 765. The maximum absolute atomic E-state index is 10.6. The van der Waals surface area contributed by atoms with E-state index in [9.17, 15) is 15.0 Å². The first kappa shape index (κ1) is 16.4. The van der Waals surface area contributed by atoms with Crippen molar-refractivity contribution in [2.24, 2.45) is 0 Å². The lowest BCUT2D eigenvalue weighted by atomic mass is 10.0. The van der Waals surface area contributed by atoms with Gasteiger partial charge in [0.1, 0.15) is 17.7 Å². The summed E-state index contributed by atoms with van der Waals surface area (Å²) in [6, 6.07) is 0. The summed E-state index contributed by atoms with van der Waals surface area (Å²) in [6.07, 6.45) is -2.06. The monoisotopic (exact) mass is 338 g/mol. The van der Waals surface area contributed by atoms with Crippen molar-refractivity contribution >= 4 is 28.9 Å². The molecule has 1 fully saturated rings. The van der Waals surface area contributed by atoms with Gasteiger partial charge in [-0.05, 0) is 12.8 Å². The van der Waals surface area contributed by atoms with E-state index in [1.165, 1.54) is 10.9 Å². The van der Waals surface area contributed by atoms with Crippen molar-refractivity contribution in [3.8, 4) is 0 Å². The summed E-state index contributed by atoms with van der Waals surface area (Å²) in [7, 11) is 0. The number of carbonyl (C=O) groups is 1. The molecule has 0 aliphatic carbocycles. The summed E-state index contributed by atoms with van der Waals surface area (Å²) in [5, 5.41) is 29.1. The van der Waals surface area contributed by atoms with E-state index < -0.39 is 30.5 Å². The third kappa shape index (κ3) is 2.84. The quantitative estimate of drug-likeness (QED) is 0.447. The van der Waals surface area contributed by atoms with Crippen LogP contribution in [0.3, 0.4) is 0 Å². The molecule has 2 unspecified atom stereocenters. The molecule has 1 saturated heterocycles. The number of carboxylic acids is 1. The summed E-state index contributed by atoms with van der Waals surface area (Å²) in [5.74, 6) is -0.877. The van der Waals surface area contributed by atoms with Crippen LogP contribution in [0.5, 0.6) is 0 Å². The minimum absolute atomic E-state index is 0.0400. The number of carboxylic acid groups (broad SMARTS) is 1. The average Bonchev–Trinajstić information content (AvgIpc) is 3.03. The number of aliphatic carboxylic acids is 1. The van der Waals surface area contributed by atoms with Gasteiger partial charge in [0.2, 0.25) is 5.95 Å². The van der Waals surface area contributed by atoms with Gasteiger partial charge in [-0.15, -0.1) is 0 Å². The highest BCUT2D eigenvalue weighted by molar-refractivity contribution is 5.82. The van der Waals surface area contributed by atoms with Crippen LogP contribution in [0, 0.1) is 0 Å². The summed E-state index contributed by atoms with van der Waals surface area (Å²) < 4.78 is 7.11. The van der Waals surface area contributed by atoms with E-state index in [1.807, 2.05) is 0 Å². The number of aromatic nitrogens is 4. The minimum Gasteiger partial charge on any atom is -0.481 e. The molecule has 7 N–H and O–H groups in total. The Hall–Kier alpha value is -2.50. The smallest absolute Gasteiger partial charge is 0.303 e. The van der Waals surface area contributed by atoms with Gasteiger partial charge in [0.05, 0.1) is 12.4 Å². The van der Waals surface area contributed by atoms with Crippen LogP contribution >= 0.6 is 0 Å². The predicted molar refractivity (Wildman–Crippen MR) is 81.6 cm³/mol. The number of fused-ring (bicyclic) bond motifs is 1. The summed E-state index contributed by atoms with van der Waals surface area (Å²) >= 11 is 0. The Labute approximate surface area is 135 Å². The minimum atomic E-state index is -1.23. The number of aliphatic hydroxyl groups excluding tert-OH is 2. The average molecular weight is 338 g/mol. The van der Waals surface area contributed by atoms with E-state index in [2.05, 4.69) is 15.0 Å². The number of rotatable bonds is 5. The van der Waals surface area contributed by atoms with E-state index >= 15 is 0 Å². The second kappa shape index (κ2) is 6.19. The molecular formula is C13H18N6O5. The summed E-state index contributed by atoms with van der Waals surface area (Å²) in [6.45, 7) is 0. The van der Waals surface area contributed by atoms with Crippen LogP contribution in [0.4, 0.5) is 11.8 Å². The Morgan fingerprint density at radius 1 is 1.29 bits per heavy atom. The molecule has 24 heavy (non-hydrogen) atoms. The lowest BCUT2D eigenvalue weighted by Gasteiger charge is -2.16. The number of aliphatic hydroxyl groups is 2. The van der Waals surface area contributed by atoms with Gasteiger partial charge in [-0.3, -0.25) is 9.36 Å². The van der Waals surface area contributed by atoms with E-state index in [0.717, 1.165) is 0 Å². The normalized spacial score (nSPS) is 26.9. The molecule has 1 aliphatic heterocycles. The Morgan fingerprint density at radius 2 is 2.04 bits per heavy atom. The molecule has 3 rings (SSSR count). The standard InChI is InChI=1S/C13H18N6O5/c14-10-7-11(18-13(15)17-10)19(4-16-7)12-9(23)8(22)5(24-12)2-1-3-6(20)21/h4-5,8-9,12,22-23H,1-3H2,(H,20,21)(H4,14,15,17,18)/t5-,8?,9?,12-/m1/s1. The molecule has 130 valence electrons. The zero-order valence-corrected chi connectivity index (χ0v) is 12.6. The van der Waals surface area contributed by atoms with Gasteiger partial charge in [0.25, 0.3) is 0 Å². The zero-order chi connectivity index (χ0) is 17.4. The molecule has 11 heteroatoms. The molecule has 0 aromatic carbocycles. The number of nitrogens with zero attached hydrogens (tertiary/aromatic N) is 4. The van der Waals surface area contributed by atoms with Gasteiger partial charge in [0, 0.05) is 6.42 Å². The third-order valence-electron chi connectivity index (χ3n) is 3.96. The second-order valence-corrected chi connectivity index (χ2v) is 5.62. The van der Waals surface area contributed by atoms with E-state index in [4.69, 9.17) is 21.3 Å². The van der Waals surface area contributed by atoms with E-state index in [1.54, 1.807) is 0 Å². The van der Waals surface area contributed by atoms with E-state index in [0.29, 0.717) is 18.4 Å². The number of anilines is 2. The van der Waals surface area contributed by atoms with Crippen molar-refractivity contribution in [2.45, 2.75) is 43.8 Å². The first-order chi connectivity index (χ1) is 11.4. The van der Waals surface area contributed by atoms with Crippen molar-refractivity contribution in [1.29, 1.82) is 0 Å². The molecule has 1 aliphatic rings. The molecule has 4 atom stereocenters. The van der Waals surface area contributed by atoms with Gasteiger partial charge in [-0.1, -0.05) is 0 Å². The number of imidazole rings is 1. The lowest BCUT2D eigenvalue weighted by Crippen LogP contribution is -2.31. The topological polar surface area (TPSA) is 183 Å². The van der Waals surface area contributed by atoms with Crippen molar-refractivity contribution in [3.05, 3.63) is 6.33 Å². The highest BCUT2D eigenvalue weighted by atomic mass is 16.6. The predicted octanol–water partition coefficient (Wildman–Crippen LogP) is -1.14. The number of hydrogen-bond acceptors (Lipinski definition) is 9. The molecule has 0 radical (unpaired) electrons. The Balaban J connectivity index is 1.83. The lowest BCUT2D eigenvalue weighted by molar-refractivity contribution is -0.137. The summed E-state index contributed by atoms with van der Waals surface area (Å²) in [4.78, 5) is 22.5. The first-order valence-corrected chi connectivity index (χ1v) is 7.37. The van der Waals surface area contributed by atoms with Crippen molar-refractivity contribution in [3.63, 3.8) is 0 Å². The number of hydrogen-bond donors (Lipinski definition) is 5. The molecule has 0 saturated carbocycles. The maximum atomic E-state index is 10.6. The molecule has 0 spiro atoms. The number of nitrogen functional groups attached to an aromatic ring is 2. The largest absolute Gasteiger partial charge is 0.481 e. The summed E-state index contributed by atoms with van der Waals surface area (Å²) in [5.41, 5.74) is 11.9. The van der Waals surface area contributed by atoms with E-state index in [-0.39, 0.29) is 23.8 Å². The Kier molecular flexibility index (Phi) is 4.22. The molecule has 0 bridgehead atoms. The van der Waals surface area contributed by atoms with Crippen molar-refractivity contribution in [2.75, 3.05) is 11.5 Å². The van der Waals surface area contributed by atoms with Crippen molar-refractivity contribution in [1.82, 2.24) is 19.5 Å². The highest BCUT2D eigenvalue weighted by Crippen LogP contribution is 2.34. The van der Waals surface area contributed by atoms with Crippen LogP contribution in [-0.2, 0) is 9.53 Å². The molecule has 3 heterocycles. The van der Waals surface area contributed by atoms with Gasteiger partial charge in [-0.25, -0.2) is 4.98 Å². The first-order valence-electron chi connectivity index (χ1n) is 7.37. The molecule has 11 nitrogen and oxygen atoms in total. The van der Waals surface area contributed by atoms with Crippen LogP contribution in [0.1, 0.15) is 25.5 Å². The molecular weight excluding hydrogens is 320 g/mol. The second-order valence-electron chi connectivity index (χ2n) is 5.62. The number of nitrogens with two attached hydrogens (primary N) is 2. The van der Waals surface area contributed by atoms with Crippen LogP contribution in [0.15, 0.2) is 6.33 Å². The Morgan fingerprint density at radius 3 is 2.75 bits per heavy atom. The fourth-order valence-corrected chi connectivity index (χ4v) is 2.79. The van der Waals surface area contributed by atoms with Gasteiger partial charge in [-0.2, -0.15) is 9.97 Å². The fourth-order valence-electron chi connectivity index (χ4n) is 2.79. The van der Waals surface area contributed by atoms with Crippen LogP contribution in [0.25, 0.3) is 11.2 Å². The van der Waals surface area contributed by atoms with Gasteiger partial charge >= 0.3 is 5.97 Å². The van der Waals surface area contributed by atoms with Gasteiger partial charge in [0.15, 0.2) is 17.7 Å². The fraction of sp³-hybridized carbons (Fsp3) is 0.538. The van der Waals surface area contributed by atoms with Crippen LogP contribution < -0.4 is 11.5 Å². The van der Waals surface area contributed by atoms with Gasteiger partial charge < -0.3 is 31.5 Å². The molecule has 2 aromatic heterocycles. The van der Waals surface area contributed by atoms with Crippen molar-refractivity contribution < 1.29 is 24.9 Å². The zero-order valence-electron chi connectivity index (χ0n) is 12.6. The molecule has 0 amide bonds. The maximum Gasteiger partial charge on any atom is 0.303 e. The SMILES string of the molecule is Nc1nc(N)c2ncn([C@@H]3O[C@H](CCCC(=O)O)C(O)C3O)c2n1. The third-order valence-corrected chi connectivity index (χ3v) is 3.96. The van der Waals surface area contributed by atoms with Crippen LogP contribution in [0.2, 0.25) is 0 Å². The number of ether oxygens (including phenoxy) is 1. The molecule has 2 aromatic rings. The van der Waals surface area contributed by atoms with Crippen LogP contribution in [-0.4, -0.2) is 59.1 Å².